The first kappa shape index (κ1) is 20.2. The minimum Gasteiger partial charge on any atom is -0.504 e. The molecular weight excluding hydrogens is 404 g/mol. The summed E-state index contributed by atoms with van der Waals surface area (Å²) in [5.74, 6) is -1.81. The molecular formula is C19H18O11. The number of aliphatic hydroxyl groups excluding tert-OH is 4. The summed E-state index contributed by atoms with van der Waals surface area (Å²) in [5.41, 5.74) is -0.666. The number of hydrogen-bond donors (Lipinski definition) is 7. The monoisotopic (exact) mass is 422 g/mol. The zero-order valence-electron chi connectivity index (χ0n) is 15.2. The maximum absolute atomic E-state index is 12.8. The minimum atomic E-state index is -1.72. The molecule has 0 aliphatic carbocycles. The van der Waals surface area contributed by atoms with Crippen molar-refractivity contribution in [3.05, 3.63) is 34.5 Å². The lowest BCUT2D eigenvalue weighted by atomic mass is 9.99. The maximum Gasteiger partial charge on any atom is 0.229 e. The summed E-state index contributed by atoms with van der Waals surface area (Å²) in [4.78, 5) is 12.8. The fourth-order valence-electron chi connectivity index (χ4n) is 3.28. The molecule has 30 heavy (non-hydrogen) atoms. The van der Waals surface area contributed by atoms with Crippen molar-refractivity contribution in [3.8, 4) is 23.0 Å². The van der Waals surface area contributed by atoms with E-state index in [0.717, 1.165) is 24.3 Å². The van der Waals surface area contributed by atoms with Gasteiger partial charge in [0.1, 0.15) is 35.6 Å². The number of rotatable bonds is 3. The van der Waals surface area contributed by atoms with E-state index in [-0.39, 0.29) is 27.7 Å². The Bertz CT molecular complexity index is 1170. The number of hydrogen-bond acceptors (Lipinski definition) is 11. The van der Waals surface area contributed by atoms with E-state index in [0.29, 0.717) is 0 Å². The SMILES string of the molecule is O=c1c2cc(O)c(O)cc2oc2cc(O)c(O[C@@H]3O[C@@H](CO)[C@H](O)[C@@H](O)[C@@H]3O)cc12. The molecule has 0 bridgehead atoms. The zero-order valence-corrected chi connectivity index (χ0v) is 15.2. The van der Waals surface area contributed by atoms with Crippen LogP contribution in [0.1, 0.15) is 0 Å². The van der Waals surface area contributed by atoms with Crippen LogP contribution in [0, 0.1) is 0 Å². The summed E-state index contributed by atoms with van der Waals surface area (Å²) in [6.07, 6.45) is -7.78. The lowest BCUT2D eigenvalue weighted by molar-refractivity contribution is -0.277. The molecule has 1 saturated heterocycles. The van der Waals surface area contributed by atoms with Crippen molar-refractivity contribution < 1.29 is 49.6 Å². The van der Waals surface area contributed by atoms with Gasteiger partial charge in [0.2, 0.25) is 11.7 Å². The highest BCUT2D eigenvalue weighted by molar-refractivity contribution is 5.92. The Labute approximate surface area is 167 Å². The largest absolute Gasteiger partial charge is 0.504 e. The van der Waals surface area contributed by atoms with Crippen LogP contribution in [0.2, 0.25) is 0 Å². The second kappa shape index (κ2) is 7.31. The smallest absolute Gasteiger partial charge is 0.229 e. The summed E-state index contributed by atoms with van der Waals surface area (Å²) in [6.45, 7) is -0.666. The summed E-state index contributed by atoms with van der Waals surface area (Å²) < 4.78 is 16.1. The second-order valence-electron chi connectivity index (χ2n) is 6.90. The van der Waals surface area contributed by atoms with E-state index in [1.807, 2.05) is 0 Å². The number of phenols is 3. The van der Waals surface area contributed by atoms with Crippen molar-refractivity contribution in [1.29, 1.82) is 0 Å². The van der Waals surface area contributed by atoms with Crippen molar-refractivity contribution in [3.63, 3.8) is 0 Å². The first-order valence-electron chi connectivity index (χ1n) is 8.84. The van der Waals surface area contributed by atoms with Gasteiger partial charge in [-0.05, 0) is 12.1 Å². The predicted molar refractivity (Wildman–Crippen MR) is 99.4 cm³/mol. The molecule has 0 unspecified atom stereocenters. The van der Waals surface area contributed by atoms with Crippen LogP contribution in [0.3, 0.4) is 0 Å². The number of fused-ring (bicyclic) bond motifs is 2. The molecule has 1 aromatic heterocycles. The molecule has 160 valence electrons. The van der Waals surface area contributed by atoms with E-state index in [2.05, 4.69) is 0 Å². The lowest BCUT2D eigenvalue weighted by Crippen LogP contribution is -2.60. The standard InChI is InChI=1S/C19H18O11/c20-5-14-16(25)17(26)18(27)19(30-14)29-13-2-7-12(4-10(13)23)28-11-3-9(22)8(21)1-6(11)15(7)24/h1-4,14,16-23,25-27H,5H2/t14-,16-,17+,18-,19+/m0/s1. The van der Waals surface area contributed by atoms with Crippen LogP contribution in [0.4, 0.5) is 0 Å². The van der Waals surface area contributed by atoms with Crippen molar-refractivity contribution in [1.82, 2.24) is 0 Å². The average Bonchev–Trinajstić information content (AvgIpc) is 2.71. The minimum absolute atomic E-state index is 0.0233. The van der Waals surface area contributed by atoms with E-state index in [1.165, 1.54) is 0 Å². The summed E-state index contributed by atoms with van der Waals surface area (Å²) in [7, 11) is 0. The first-order chi connectivity index (χ1) is 14.2. The van der Waals surface area contributed by atoms with Gasteiger partial charge in [0, 0.05) is 12.1 Å². The van der Waals surface area contributed by atoms with Gasteiger partial charge in [0.05, 0.1) is 17.4 Å². The topological polar surface area (TPSA) is 190 Å². The van der Waals surface area contributed by atoms with Crippen LogP contribution in [0.5, 0.6) is 23.0 Å². The number of phenolic OH excluding ortho intramolecular Hbond substituents is 3. The van der Waals surface area contributed by atoms with Crippen molar-refractivity contribution in [2.24, 2.45) is 0 Å². The molecule has 0 radical (unpaired) electrons. The molecule has 3 aromatic rings. The maximum atomic E-state index is 12.8. The molecule has 4 rings (SSSR count). The number of aromatic hydroxyl groups is 3. The molecule has 2 aromatic carbocycles. The third-order valence-electron chi connectivity index (χ3n) is 4.94. The third kappa shape index (κ3) is 3.18. The number of aliphatic hydroxyl groups is 4. The van der Waals surface area contributed by atoms with Gasteiger partial charge in [-0.1, -0.05) is 0 Å². The second-order valence-corrected chi connectivity index (χ2v) is 6.90. The third-order valence-corrected chi connectivity index (χ3v) is 4.94. The van der Waals surface area contributed by atoms with E-state index < -0.39 is 60.0 Å². The van der Waals surface area contributed by atoms with Crippen molar-refractivity contribution in [2.75, 3.05) is 6.61 Å². The number of benzene rings is 2. The van der Waals surface area contributed by atoms with Crippen LogP contribution in [-0.4, -0.2) is 73.1 Å². The van der Waals surface area contributed by atoms with Gasteiger partial charge < -0.3 is 49.6 Å². The normalized spacial score (nSPS) is 26.9. The molecule has 7 N–H and O–H groups in total. The van der Waals surface area contributed by atoms with Gasteiger partial charge in [-0.15, -0.1) is 0 Å². The fourth-order valence-corrected chi connectivity index (χ4v) is 3.28. The van der Waals surface area contributed by atoms with Crippen molar-refractivity contribution >= 4 is 21.9 Å². The van der Waals surface area contributed by atoms with Gasteiger partial charge in [0.25, 0.3) is 0 Å². The molecule has 0 amide bonds. The lowest BCUT2D eigenvalue weighted by Gasteiger charge is -2.39. The molecule has 11 heteroatoms. The highest BCUT2D eigenvalue weighted by atomic mass is 16.7. The molecule has 1 aliphatic heterocycles. The van der Waals surface area contributed by atoms with Crippen LogP contribution in [0.15, 0.2) is 33.5 Å². The van der Waals surface area contributed by atoms with Crippen LogP contribution in [0.25, 0.3) is 21.9 Å². The van der Waals surface area contributed by atoms with Gasteiger partial charge >= 0.3 is 0 Å². The van der Waals surface area contributed by atoms with Gasteiger partial charge in [-0.3, -0.25) is 4.79 Å². The Kier molecular flexibility index (Phi) is 4.92. The van der Waals surface area contributed by atoms with E-state index in [9.17, 15) is 40.5 Å². The van der Waals surface area contributed by atoms with Gasteiger partial charge in [-0.2, -0.15) is 0 Å². The zero-order chi connectivity index (χ0) is 21.7. The molecule has 5 atom stereocenters. The van der Waals surface area contributed by atoms with Crippen LogP contribution < -0.4 is 10.2 Å². The first-order valence-corrected chi connectivity index (χ1v) is 8.84. The fraction of sp³-hybridized carbons (Fsp3) is 0.316. The van der Waals surface area contributed by atoms with Crippen LogP contribution in [-0.2, 0) is 4.74 Å². The summed E-state index contributed by atoms with van der Waals surface area (Å²) >= 11 is 0. The molecule has 0 spiro atoms. The quantitative estimate of drug-likeness (QED) is 0.207. The van der Waals surface area contributed by atoms with Crippen LogP contribution >= 0.6 is 0 Å². The Morgan fingerprint density at radius 3 is 2.10 bits per heavy atom. The Morgan fingerprint density at radius 2 is 1.43 bits per heavy atom. The Hall–Kier alpha value is -3.09. The average molecular weight is 422 g/mol. The number of ether oxygens (including phenoxy) is 2. The molecule has 2 heterocycles. The Morgan fingerprint density at radius 1 is 0.833 bits per heavy atom. The van der Waals surface area contributed by atoms with Gasteiger partial charge in [-0.25, -0.2) is 0 Å². The van der Waals surface area contributed by atoms with Crippen molar-refractivity contribution in [2.45, 2.75) is 30.7 Å². The highest BCUT2D eigenvalue weighted by Crippen LogP contribution is 2.36. The molecule has 11 nitrogen and oxygen atoms in total. The summed E-state index contributed by atoms with van der Waals surface area (Å²) in [6, 6.07) is 4.27. The van der Waals surface area contributed by atoms with Gasteiger partial charge in [0.15, 0.2) is 23.0 Å². The summed E-state index contributed by atoms with van der Waals surface area (Å²) in [5, 5.41) is 68.4. The molecule has 1 aliphatic rings. The van der Waals surface area contributed by atoms with E-state index in [4.69, 9.17) is 13.9 Å². The highest BCUT2D eigenvalue weighted by Gasteiger charge is 2.45. The molecule has 1 fully saturated rings. The predicted octanol–water partition coefficient (Wildman–Crippen LogP) is -0.758. The Balaban J connectivity index is 1.77. The van der Waals surface area contributed by atoms with E-state index in [1.54, 1.807) is 0 Å². The molecule has 0 saturated carbocycles. The van der Waals surface area contributed by atoms with E-state index >= 15 is 0 Å².